The number of anilines is 1. The van der Waals surface area contributed by atoms with Crippen LogP contribution < -0.4 is 16.6 Å². The summed E-state index contributed by atoms with van der Waals surface area (Å²) in [5.74, 6) is 0. The van der Waals surface area contributed by atoms with E-state index < -0.39 is 9.84 Å². The molecule has 4 rings (SSSR count). The molecule has 8 heteroatoms. The monoisotopic (exact) mass is 414 g/mol. The Morgan fingerprint density at radius 1 is 1.14 bits per heavy atom. The van der Waals surface area contributed by atoms with Crippen LogP contribution in [-0.2, 0) is 16.9 Å². The second-order valence-corrected chi connectivity index (χ2v) is 9.98. The maximum absolute atomic E-state index is 12.4. The minimum absolute atomic E-state index is 0.121. The van der Waals surface area contributed by atoms with Crippen molar-refractivity contribution in [2.24, 2.45) is 12.8 Å². The highest BCUT2D eigenvalue weighted by Gasteiger charge is 2.21. The van der Waals surface area contributed by atoms with Gasteiger partial charge in [-0.25, -0.2) is 8.42 Å². The number of hydrogen-bond acceptors (Lipinski definition) is 5. The Kier molecular flexibility index (Phi) is 5.00. The van der Waals surface area contributed by atoms with Crippen molar-refractivity contribution in [1.82, 2.24) is 9.55 Å². The molecule has 0 unspecified atom stereocenters. The lowest BCUT2D eigenvalue weighted by molar-refractivity contribution is 0.411. The first-order chi connectivity index (χ1) is 13.7. The minimum Gasteiger partial charge on any atom is -0.382 e. The van der Waals surface area contributed by atoms with Gasteiger partial charge in [0.05, 0.1) is 4.90 Å². The first-order valence-corrected chi connectivity index (χ1v) is 11.7. The Hall–Kier alpha value is -2.58. The van der Waals surface area contributed by atoms with Gasteiger partial charge in [0.2, 0.25) is 0 Å². The van der Waals surface area contributed by atoms with Gasteiger partial charge in [0, 0.05) is 60.0 Å². The fraction of sp³-hybridized carbons (Fsp3) is 0.381. The molecule has 0 bridgehead atoms. The number of aryl methyl sites for hydroxylation is 1. The van der Waals surface area contributed by atoms with Crippen molar-refractivity contribution in [2.45, 2.75) is 42.7 Å². The van der Waals surface area contributed by atoms with Gasteiger partial charge in [0.15, 0.2) is 9.84 Å². The molecule has 0 radical (unpaired) electrons. The summed E-state index contributed by atoms with van der Waals surface area (Å²) in [6.45, 7) is 0. The maximum Gasteiger partial charge on any atom is 0.274 e. The van der Waals surface area contributed by atoms with Crippen molar-refractivity contribution in [2.75, 3.05) is 11.6 Å². The van der Waals surface area contributed by atoms with Gasteiger partial charge in [-0.3, -0.25) is 4.79 Å². The summed E-state index contributed by atoms with van der Waals surface area (Å²) in [7, 11) is -1.67. The molecule has 2 heterocycles. The molecule has 0 saturated heterocycles. The zero-order valence-electron chi connectivity index (χ0n) is 16.6. The van der Waals surface area contributed by atoms with Crippen molar-refractivity contribution < 1.29 is 8.42 Å². The van der Waals surface area contributed by atoms with Crippen molar-refractivity contribution in [1.29, 1.82) is 0 Å². The fourth-order valence-electron chi connectivity index (χ4n) is 4.07. The molecule has 1 aliphatic carbocycles. The number of nitrogens with zero attached hydrogens (tertiary/aromatic N) is 1. The Labute approximate surface area is 169 Å². The SMILES string of the molecule is Cn1cc(-c2cc(S(C)(=O)=O)ccc2NC2CCC(N)CC2)c2cc[nH]c2c1=O. The normalized spacial score (nSPS) is 20.1. The first kappa shape index (κ1) is 19.7. The van der Waals surface area contributed by atoms with E-state index in [4.69, 9.17) is 5.73 Å². The topological polar surface area (TPSA) is 110 Å². The average Bonchev–Trinajstić information content (AvgIpc) is 3.16. The smallest absolute Gasteiger partial charge is 0.274 e. The highest BCUT2D eigenvalue weighted by atomic mass is 32.2. The molecule has 7 nitrogen and oxygen atoms in total. The van der Waals surface area contributed by atoms with Crippen molar-refractivity contribution in [3.05, 3.63) is 47.0 Å². The molecule has 1 fully saturated rings. The van der Waals surface area contributed by atoms with E-state index in [0.717, 1.165) is 47.9 Å². The lowest BCUT2D eigenvalue weighted by atomic mass is 9.91. The van der Waals surface area contributed by atoms with Crippen LogP contribution in [0.5, 0.6) is 0 Å². The number of fused-ring (bicyclic) bond motifs is 1. The predicted octanol–water partition coefficient (Wildman–Crippen LogP) is 2.62. The van der Waals surface area contributed by atoms with E-state index >= 15 is 0 Å². The number of sulfone groups is 1. The quantitative estimate of drug-likeness (QED) is 0.608. The number of hydrogen-bond donors (Lipinski definition) is 3. The second-order valence-electron chi connectivity index (χ2n) is 7.96. The predicted molar refractivity (Wildman–Crippen MR) is 116 cm³/mol. The van der Waals surface area contributed by atoms with E-state index in [1.807, 2.05) is 12.1 Å². The largest absolute Gasteiger partial charge is 0.382 e. The van der Waals surface area contributed by atoms with Gasteiger partial charge in [-0.1, -0.05) is 0 Å². The number of nitrogens with one attached hydrogen (secondary N) is 2. The fourth-order valence-corrected chi connectivity index (χ4v) is 4.72. The standard InChI is InChI=1S/C21H26N4O3S/c1-25-12-18(16-9-10-23-20(16)21(25)26)17-11-15(29(2,27)28)7-8-19(17)24-14-5-3-13(22)4-6-14/h7-14,23-24H,3-6,22H2,1-2H3. The van der Waals surface area contributed by atoms with E-state index in [-0.39, 0.29) is 22.5 Å². The minimum atomic E-state index is -3.37. The van der Waals surface area contributed by atoms with Gasteiger partial charge >= 0.3 is 0 Å². The molecule has 2 aromatic heterocycles. The second kappa shape index (κ2) is 7.35. The summed E-state index contributed by atoms with van der Waals surface area (Å²) >= 11 is 0. The number of aromatic nitrogens is 2. The van der Waals surface area contributed by atoms with Gasteiger partial charge in [-0.2, -0.15) is 0 Å². The summed E-state index contributed by atoms with van der Waals surface area (Å²) in [6, 6.07) is 7.53. The molecule has 1 saturated carbocycles. The number of rotatable bonds is 4. The molecule has 0 atom stereocenters. The van der Waals surface area contributed by atoms with E-state index in [9.17, 15) is 13.2 Å². The van der Waals surface area contributed by atoms with Crippen LogP contribution in [0.2, 0.25) is 0 Å². The number of H-pyrrole nitrogens is 1. The Morgan fingerprint density at radius 2 is 1.86 bits per heavy atom. The van der Waals surface area contributed by atoms with E-state index in [2.05, 4.69) is 10.3 Å². The lowest BCUT2D eigenvalue weighted by Crippen LogP contribution is -2.32. The molecule has 29 heavy (non-hydrogen) atoms. The van der Waals surface area contributed by atoms with Crippen LogP contribution in [0, 0.1) is 0 Å². The number of nitrogens with two attached hydrogens (primary N) is 1. The van der Waals surface area contributed by atoms with Crippen molar-refractivity contribution in [3.8, 4) is 11.1 Å². The summed E-state index contributed by atoms with van der Waals surface area (Å²) in [4.78, 5) is 15.7. The van der Waals surface area contributed by atoms with Crippen LogP contribution in [0.25, 0.3) is 22.0 Å². The Bertz CT molecular complexity index is 1220. The van der Waals surface area contributed by atoms with Crippen LogP contribution in [0.4, 0.5) is 5.69 Å². The summed E-state index contributed by atoms with van der Waals surface area (Å²) in [5.41, 5.74) is 8.85. The highest BCUT2D eigenvalue weighted by molar-refractivity contribution is 7.90. The van der Waals surface area contributed by atoms with Gasteiger partial charge < -0.3 is 20.6 Å². The van der Waals surface area contributed by atoms with Gasteiger partial charge in [0.1, 0.15) is 5.52 Å². The van der Waals surface area contributed by atoms with Gasteiger partial charge in [0.25, 0.3) is 5.56 Å². The molecule has 0 aliphatic heterocycles. The van der Waals surface area contributed by atoms with Crippen molar-refractivity contribution >= 4 is 26.4 Å². The molecular formula is C21H26N4O3S. The molecule has 1 aliphatic rings. The molecule has 1 aromatic carbocycles. The zero-order valence-corrected chi connectivity index (χ0v) is 17.4. The number of aromatic amines is 1. The van der Waals surface area contributed by atoms with E-state index in [0.29, 0.717) is 5.52 Å². The first-order valence-electron chi connectivity index (χ1n) is 9.77. The third kappa shape index (κ3) is 3.82. The van der Waals surface area contributed by atoms with Crippen LogP contribution >= 0.6 is 0 Å². The van der Waals surface area contributed by atoms with E-state index in [1.165, 1.54) is 10.8 Å². The van der Waals surface area contributed by atoms with Crippen molar-refractivity contribution in [3.63, 3.8) is 0 Å². The summed E-state index contributed by atoms with van der Waals surface area (Å²) < 4.78 is 25.9. The molecule has 0 amide bonds. The molecular weight excluding hydrogens is 388 g/mol. The number of benzene rings is 1. The average molecular weight is 415 g/mol. The molecule has 154 valence electrons. The highest BCUT2D eigenvalue weighted by Crippen LogP contribution is 2.35. The molecule has 0 spiro atoms. The van der Waals surface area contributed by atoms with Crippen LogP contribution in [0.15, 0.2) is 46.3 Å². The number of pyridine rings is 1. The third-order valence-corrected chi connectivity index (χ3v) is 6.85. The van der Waals surface area contributed by atoms with Crippen LogP contribution in [0.3, 0.4) is 0 Å². The van der Waals surface area contributed by atoms with Gasteiger partial charge in [-0.05, 0) is 49.9 Å². The summed E-state index contributed by atoms with van der Waals surface area (Å²) in [6.07, 6.45) is 8.58. The summed E-state index contributed by atoms with van der Waals surface area (Å²) in [5, 5.41) is 4.36. The van der Waals surface area contributed by atoms with Crippen LogP contribution in [0.1, 0.15) is 25.7 Å². The molecule has 4 N–H and O–H groups in total. The third-order valence-electron chi connectivity index (χ3n) is 5.73. The van der Waals surface area contributed by atoms with Gasteiger partial charge in [-0.15, -0.1) is 0 Å². The lowest BCUT2D eigenvalue weighted by Gasteiger charge is -2.28. The Morgan fingerprint density at radius 3 is 2.55 bits per heavy atom. The van der Waals surface area contributed by atoms with Crippen LogP contribution in [-0.4, -0.2) is 36.3 Å². The van der Waals surface area contributed by atoms with E-state index in [1.54, 1.807) is 31.6 Å². The zero-order chi connectivity index (χ0) is 20.8. The molecule has 3 aromatic rings. The maximum atomic E-state index is 12.4. The Balaban J connectivity index is 1.87.